The SMILES string of the molecule is CN(C)C1C=CC2=NC(=S)NC2=C1. The summed E-state index contributed by atoms with van der Waals surface area (Å²) in [6.45, 7) is 0. The van der Waals surface area contributed by atoms with Gasteiger partial charge in [0.15, 0.2) is 5.11 Å². The van der Waals surface area contributed by atoms with Crippen molar-refractivity contribution in [1.82, 2.24) is 10.2 Å². The Morgan fingerprint density at radius 3 is 3.00 bits per heavy atom. The van der Waals surface area contributed by atoms with Crippen LogP contribution in [-0.2, 0) is 0 Å². The summed E-state index contributed by atoms with van der Waals surface area (Å²) in [5.74, 6) is 0. The second-order valence-electron chi connectivity index (χ2n) is 3.32. The van der Waals surface area contributed by atoms with Gasteiger partial charge >= 0.3 is 0 Å². The summed E-state index contributed by atoms with van der Waals surface area (Å²) >= 11 is 4.95. The summed E-state index contributed by atoms with van der Waals surface area (Å²) in [6.07, 6.45) is 6.24. The number of hydrogen-bond donors (Lipinski definition) is 1. The molecule has 0 amide bonds. The molecular formula is C9H11N3S. The van der Waals surface area contributed by atoms with Crippen LogP contribution in [0.4, 0.5) is 0 Å². The molecule has 0 aromatic carbocycles. The van der Waals surface area contributed by atoms with Crippen molar-refractivity contribution in [2.75, 3.05) is 14.1 Å². The van der Waals surface area contributed by atoms with Gasteiger partial charge in [-0.15, -0.1) is 0 Å². The molecule has 3 nitrogen and oxygen atoms in total. The lowest BCUT2D eigenvalue weighted by molar-refractivity contribution is 0.390. The molecule has 1 heterocycles. The third-order valence-electron chi connectivity index (χ3n) is 2.12. The van der Waals surface area contributed by atoms with Crippen LogP contribution in [0.25, 0.3) is 0 Å². The normalized spacial score (nSPS) is 25.5. The smallest absolute Gasteiger partial charge is 0.197 e. The number of likely N-dealkylation sites (N-methyl/N-ethyl adjacent to an activating group) is 1. The van der Waals surface area contributed by atoms with Crippen molar-refractivity contribution in [3.63, 3.8) is 0 Å². The predicted octanol–water partition coefficient (Wildman–Crippen LogP) is 0.699. The predicted molar refractivity (Wildman–Crippen MR) is 57.9 cm³/mol. The maximum atomic E-state index is 4.95. The first-order valence-electron chi connectivity index (χ1n) is 4.13. The Hall–Kier alpha value is -1.00. The van der Waals surface area contributed by atoms with Gasteiger partial charge in [0.1, 0.15) is 0 Å². The topological polar surface area (TPSA) is 27.6 Å². The van der Waals surface area contributed by atoms with E-state index >= 15 is 0 Å². The molecule has 1 aliphatic heterocycles. The summed E-state index contributed by atoms with van der Waals surface area (Å²) < 4.78 is 0. The fraction of sp³-hybridized carbons (Fsp3) is 0.333. The van der Waals surface area contributed by atoms with E-state index in [0.717, 1.165) is 11.4 Å². The largest absolute Gasteiger partial charge is 0.329 e. The van der Waals surface area contributed by atoms with Gasteiger partial charge < -0.3 is 5.32 Å². The first-order valence-corrected chi connectivity index (χ1v) is 4.54. The van der Waals surface area contributed by atoms with Crippen LogP contribution in [-0.4, -0.2) is 35.9 Å². The van der Waals surface area contributed by atoms with Gasteiger partial charge in [-0.3, -0.25) is 4.90 Å². The zero-order valence-corrected chi connectivity index (χ0v) is 8.43. The summed E-state index contributed by atoms with van der Waals surface area (Å²) in [5.41, 5.74) is 1.98. The van der Waals surface area contributed by atoms with Gasteiger partial charge in [0.25, 0.3) is 0 Å². The number of allylic oxidation sites excluding steroid dienone is 1. The quantitative estimate of drug-likeness (QED) is 0.621. The van der Waals surface area contributed by atoms with Gasteiger partial charge in [0.2, 0.25) is 0 Å². The van der Waals surface area contributed by atoms with E-state index in [1.54, 1.807) is 0 Å². The second kappa shape index (κ2) is 3.05. The monoisotopic (exact) mass is 193 g/mol. The van der Waals surface area contributed by atoms with Crippen LogP contribution in [0.3, 0.4) is 0 Å². The standard InChI is InChI=1S/C9H11N3S/c1-12(2)6-3-4-7-8(5-6)11-9(13)10-7/h3-6H,1-2H3,(H,11,13). The second-order valence-corrected chi connectivity index (χ2v) is 3.71. The van der Waals surface area contributed by atoms with E-state index in [0.29, 0.717) is 11.2 Å². The fourth-order valence-corrected chi connectivity index (χ4v) is 1.58. The first kappa shape index (κ1) is 8.59. The summed E-state index contributed by atoms with van der Waals surface area (Å²) in [6, 6.07) is 0.336. The van der Waals surface area contributed by atoms with Gasteiger partial charge in [0.05, 0.1) is 11.4 Å². The molecule has 0 spiro atoms. The van der Waals surface area contributed by atoms with Gasteiger partial charge in [-0.25, -0.2) is 4.99 Å². The number of aliphatic imine (C=N–C) groups is 1. The molecule has 0 bridgehead atoms. The minimum Gasteiger partial charge on any atom is -0.329 e. The molecule has 1 N–H and O–H groups in total. The van der Waals surface area contributed by atoms with Crippen molar-refractivity contribution < 1.29 is 0 Å². The van der Waals surface area contributed by atoms with Crippen molar-refractivity contribution in [3.8, 4) is 0 Å². The lowest BCUT2D eigenvalue weighted by Gasteiger charge is -2.20. The highest BCUT2D eigenvalue weighted by Gasteiger charge is 2.20. The zero-order valence-electron chi connectivity index (χ0n) is 7.61. The van der Waals surface area contributed by atoms with Crippen molar-refractivity contribution in [2.24, 2.45) is 4.99 Å². The van der Waals surface area contributed by atoms with Crippen LogP contribution in [0.2, 0.25) is 0 Å². The van der Waals surface area contributed by atoms with Crippen LogP contribution < -0.4 is 5.32 Å². The van der Waals surface area contributed by atoms with Crippen molar-refractivity contribution in [1.29, 1.82) is 0 Å². The minimum absolute atomic E-state index is 0.336. The van der Waals surface area contributed by atoms with E-state index in [4.69, 9.17) is 12.2 Å². The molecule has 0 saturated carbocycles. The molecule has 1 atom stereocenters. The van der Waals surface area contributed by atoms with E-state index in [2.05, 4.69) is 27.4 Å². The molecular weight excluding hydrogens is 182 g/mol. The average molecular weight is 193 g/mol. The van der Waals surface area contributed by atoms with E-state index in [1.165, 1.54) is 0 Å². The lowest BCUT2D eigenvalue weighted by atomic mass is 10.1. The molecule has 0 aromatic rings. The Kier molecular flexibility index (Phi) is 2.01. The molecule has 4 heteroatoms. The molecule has 0 aromatic heterocycles. The van der Waals surface area contributed by atoms with Crippen LogP contribution in [0.5, 0.6) is 0 Å². The highest BCUT2D eigenvalue weighted by Crippen LogP contribution is 2.14. The molecule has 2 rings (SSSR count). The van der Waals surface area contributed by atoms with Crippen LogP contribution in [0, 0.1) is 0 Å². The summed E-state index contributed by atoms with van der Waals surface area (Å²) in [4.78, 5) is 6.30. The minimum atomic E-state index is 0.336. The van der Waals surface area contributed by atoms with Crippen molar-refractivity contribution in [3.05, 3.63) is 23.9 Å². The third-order valence-corrected chi connectivity index (χ3v) is 2.32. The number of nitrogens with one attached hydrogen (secondary N) is 1. The van der Waals surface area contributed by atoms with Crippen LogP contribution in [0.1, 0.15) is 0 Å². The molecule has 0 saturated heterocycles. The number of nitrogens with zero attached hydrogens (tertiary/aromatic N) is 2. The number of hydrogen-bond acceptors (Lipinski definition) is 2. The maximum absolute atomic E-state index is 4.95. The highest BCUT2D eigenvalue weighted by atomic mass is 32.1. The van der Waals surface area contributed by atoms with Gasteiger partial charge in [-0.1, -0.05) is 6.08 Å². The fourth-order valence-electron chi connectivity index (χ4n) is 1.37. The van der Waals surface area contributed by atoms with Gasteiger partial charge in [-0.2, -0.15) is 0 Å². The van der Waals surface area contributed by atoms with E-state index in [9.17, 15) is 0 Å². The molecule has 0 fully saturated rings. The Bertz CT molecular complexity index is 339. The molecule has 0 radical (unpaired) electrons. The Balaban J connectivity index is 2.27. The summed E-state index contributed by atoms with van der Waals surface area (Å²) in [7, 11) is 4.09. The maximum Gasteiger partial charge on any atom is 0.197 e. The lowest BCUT2D eigenvalue weighted by Crippen LogP contribution is -2.29. The molecule has 68 valence electrons. The molecule has 1 unspecified atom stereocenters. The molecule has 2 aliphatic rings. The molecule has 13 heavy (non-hydrogen) atoms. The van der Waals surface area contributed by atoms with E-state index < -0.39 is 0 Å². The van der Waals surface area contributed by atoms with Gasteiger partial charge in [-0.05, 0) is 38.5 Å². The van der Waals surface area contributed by atoms with Gasteiger partial charge in [0, 0.05) is 6.04 Å². The van der Waals surface area contributed by atoms with Crippen molar-refractivity contribution >= 4 is 23.0 Å². The average Bonchev–Trinajstić information content (AvgIpc) is 2.42. The first-order chi connectivity index (χ1) is 6.16. The van der Waals surface area contributed by atoms with Crippen LogP contribution >= 0.6 is 12.2 Å². The Morgan fingerprint density at radius 1 is 1.54 bits per heavy atom. The van der Waals surface area contributed by atoms with E-state index in [-0.39, 0.29) is 0 Å². The third kappa shape index (κ3) is 1.55. The molecule has 1 aliphatic carbocycles. The Morgan fingerprint density at radius 2 is 2.31 bits per heavy atom. The van der Waals surface area contributed by atoms with Crippen LogP contribution in [0.15, 0.2) is 28.9 Å². The Labute approximate surface area is 82.8 Å². The number of thiocarbonyl (C=S) groups is 1. The highest BCUT2D eigenvalue weighted by molar-refractivity contribution is 7.80. The number of rotatable bonds is 1. The van der Waals surface area contributed by atoms with Crippen molar-refractivity contribution in [2.45, 2.75) is 6.04 Å². The zero-order chi connectivity index (χ0) is 9.42. The van der Waals surface area contributed by atoms with E-state index in [1.807, 2.05) is 20.2 Å². The summed E-state index contributed by atoms with van der Waals surface area (Å²) in [5, 5.41) is 3.61. The number of fused-ring (bicyclic) bond motifs is 1.